The first kappa shape index (κ1) is 31.3. The van der Waals surface area contributed by atoms with Gasteiger partial charge in [-0.3, -0.25) is 19.8 Å². The summed E-state index contributed by atoms with van der Waals surface area (Å²) in [5.41, 5.74) is 6.48. The van der Waals surface area contributed by atoms with Gasteiger partial charge in [-0.25, -0.2) is 8.42 Å². The van der Waals surface area contributed by atoms with Crippen molar-refractivity contribution in [2.75, 3.05) is 69.8 Å². The van der Waals surface area contributed by atoms with E-state index in [0.717, 1.165) is 37.6 Å². The van der Waals surface area contributed by atoms with Gasteiger partial charge >= 0.3 is 0 Å². The molecule has 2 aromatic carbocycles. The van der Waals surface area contributed by atoms with E-state index in [1.54, 1.807) is 17.2 Å². The highest BCUT2D eigenvalue weighted by Gasteiger charge is 2.45. The fourth-order valence-electron chi connectivity index (χ4n) is 7.02. The molecule has 4 aliphatic heterocycles. The van der Waals surface area contributed by atoms with Crippen LogP contribution >= 0.6 is 0 Å². The normalized spacial score (nSPS) is 22.4. The largest absolute Gasteiger partial charge is 0.489 e. The van der Waals surface area contributed by atoms with E-state index in [-0.39, 0.29) is 64.2 Å². The van der Waals surface area contributed by atoms with Gasteiger partial charge in [0.2, 0.25) is 15.7 Å². The molecule has 0 spiro atoms. The second-order valence-electron chi connectivity index (χ2n) is 12.7. The summed E-state index contributed by atoms with van der Waals surface area (Å²) in [5, 5.41) is 16.4. The van der Waals surface area contributed by atoms with Gasteiger partial charge in [0.25, 0.3) is 11.6 Å². The molecule has 16 nitrogen and oxygen atoms in total. The quantitative estimate of drug-likeness (QED) is 0.188. The van der Waals surface area contributed by atoms with Gasteiger partial charge in [-0.15, -0.1) is 0 Å². The molecule has 0 unspecified atom stereocenters. The Balaban J connectivity index is 1.23. The van der Waals surface area contributed by atoms with Crippen molar-refractivity contribution in [3.8, 4) is 11.6 Å². The molecule has 17 heteroatoms. The number of H-pyrrole nitrogens is 1. The number of piperazine rings is 1. The molecule has 4 aliphatic rings. The first-order valence-corrected chi connectivity index (χ1v) is 17.4. The predicted octanol–water partition coefficient (Wildman–Crippen LogP) is 2.12. The number of hydrogen-bond acceptors (Lipinski definition) is 13. The standard InChI is InChI=1S/C32H34N8O8S/c1-37-7-9-38(10-8-37)14-19-15-47-25-13-20(12-22(40(42)43)28(25)35-19)49(44,45)27-4-2-3-21(30(33)41)29(27)39-23-11-18-5-6-34-31(18)36-32(23)48-26-17-46-16-24(26)39/h2-6,11-13,19,24,26,35H,7-10,14-17H2,1H3,(H2,33,41)(H,34,36)/t19-,24+,26+/m0/s1. The molecule has 6 heterocycles. The molecule has 1 amide bonds. The molecule has 2 fully saturated rings. The second-order valence-corrected chi connectivity index (χ2v) is 14.6. The molecular formula is C32H34N8O8S. The Bertz CT molecular complexity index is 2100. The lowest BCUT2D eigenvalue weighted by Gasteiger charge is -2.40. The molecule has 256 valence electrons. The minimum atomic E-state index is -4.55. The van der Waals surface area contributed by atoms with Gasteiger partial charge in [0.05, 0.1) is 51.3 Å². The summed E-state index contributed by atoms with van der Waals surface area (Å²) >= 11 is 0. The van der Waals surface area contributed by atoms with Crippen LogP contribution in [0.2, 0.25) is 0 Å². The zero-order valence-electron chi connectivity index (χ0n) is 26.5. The number of pyridine rings is 1. The minimum Gasteiger partial charge on any atom is -0.489 e. The number of likely N-dealkylation sites (N-methyl/N-ethyl adjacent to an activating group) is 1. The van der Waals surface area contributed by atoms with Crippen LogP contribution in [0.25, 0.3) is 11.0 Å². The first-order chi connectivity index (χ1) is 23.6. The maximum Gasteiger partial charge on any atom is 0.297 e. The van der Waals surface area contributed by atoms with E-state index < -0.39 is 38.5 Å². The first-order valence-electron chi connectivity index (χ1n) is 15.9. The molecule has 4 aromatic rings. The number of nitro benzene ring substituents is 1. The van der Waals surface area contributed by atoms with E-state index in [9.17, 15) is 23.3 Å². The van der Waals surface area contributed by atoms with E-state index in [0.29, 0.717) is 17.9 Å². The third-order valence-corrected chi connectivity index (χ3v) is 11.3. The van der Waals surface area contributed by atoms with Crippen molar-refractivity contribution in [2.45, 2.75) is 28.0 Å². The maximum atomic E-state index is 14.7. The van der Waals surface area contributed by atoms with Crippen molar-refractivity contribution in [2.24, 2.45) is 5.73 Å². The number of hydrogen-bond donors (Lipinski definition) is 3. The molecule has 2 saturated heterocycles. The van der Waals surface area contributed by atoms with Crippen LogP contribution in [0.4, 0.5) is 22.7 Å². The van der Waals surface area contributed by atoms with E-state index in [4.69, 9.17) is 19.9 Å². The van der Waals surface area contributed by atoms with Gasteiger partial charge in [-0.05, 0) is 31.3 Å². The summed E-state index contributed by atoms with van der Waals surface area (Å²) in [4.78, 5) is 38.0. The average molecular weight is 691 g/mol. The number of nitrogens with zero attached hydrogens (tertiary/aromatic N) is 5. The van der Waals surface area contributed by atoms with Crippen LogP contribution in [0.5, 0.6) is 11.6 Å². The summed E-state index contributed by atoms with van der Waals surface area (Å²) < 4.78 is 47.3. The van der Waals surface area contributed by atoms with Crippen molar-refractivity contribution in [1.29, 1.82) is 0 Å². The molecule has 49 heavy (non-hydrogen) atoms. The fraction of sp³-hybridized carbons (Fsp3) is 0.375. The van der Waals surface area contributed by atoms with E-state index >= 15 is 0 Å². The number of nitro groups is 1. The highest BCUT2D eigenvalue weighted by atomic mass is 32.2. The van der Waals surface area contributed by atoms with Gasteiger partial charge in [-0.2, -0.15) is 4.98 Å². The number of primary amides is 1. The number of aromatic nitrogens is 2. The lowest BCUT2D eigenvalue weighted by Crippen LogP contribution is -2.50. The lowest BCUT2D eigenvalue weighted by molar-refractivity contribution is -0.384. The van der Waals surface area contributed by atoms with Gasteiger partial charge < -0.3 is 40.0 Å². The Morgan fingerprint density at radius 1 is 1.12 bits per heavy atom. The SMILES string of the molecule is CN1CCN(C[C@H]2COc3cc(S(=O)(=O)c4cccc(C(N)=O)c4N4c5cc6cc[nH]c6nc5O[C@@H]5COC[C@H]54)cc([N+](=O)[O-])c3N2)CC1. The van der Waals surface area contributed by atoms with Crippen molar-refractivity contribution in [3.63, 3.8) is 0 Å². The molecule has 0 radical (unpaired) electrons. The summed E-state index contributed by atoms with van der Waals surface area (Å²) in [5.74, 6) is -0.587. The minimum absolute atomic E-state index is 0.00314. The zero-order chi connectivity index (χ0) is 34.0. The van der Waals surface area contributed by atoms with Crippen molar-refractivity contribution < 1.29 is 32.3 Å². The molecule has 0 saturated carbocycles. The summed E-state index contributed by atoms with van der Waals surface area (Å²) in [6.07, 6.45) is 1.19. The Kier molecular flexibility index (Phi) is 7.58. The molecule has 2 aromatic heterocycles. The number of anilines is 3. The maximum absolute atomic E-state index is 14.7. The highest BCUT2D eigenvalue weighted by Crippen LogP contribution is 2.48. The number of fused-ring (bicyclic) bond motifs is 4. The van der Waals surface area contributed by atoms with Crippen LogP contribution in [0.1, 0.15) is 10.4 Å². The number of nitrogens with two attached hydrogens (primary N) is 1. The van der Waals surface area contributed by atoms with Gasteiger partial charge in [-0.1, -0.05) is 6.07 Å². The van der Waals surface area contributed by atoms with Crippen molar-refractivity contribution in [1.82, 2.24) is 19.8 Å². The van der Waals surface area contributed by atoms with E-state index in [2.05, 4.69) is 32.1 Å². The van der Waals surface area contributed by atoms with Crippen LogP contribution in [0, 0.1) is 10.1 Å². The number of carbonyl (C=O) groups is 1. The zero-order valence-corrected chi connectivity index (χ0v) is 27.3. The van der Waals surface area contributed by atoms with Gasteiger partial charge in [0, 0.05) is 56.4 Å². The van der Waals surface area contributed by atoms with Crippen LogP contribution in [-0.4, -0.2) is 117 Å². The topological polar surface area (TPSA) is 198 Å². The predicted molar refractivity (Wildman–Crippen MR) is 178 cm³/mol. The lowest BCUT2D eigenvalue weighted by atomic mass is 10.0. The Labute approximate surface area is 280 Å². The number of sulfone groups is 1. The van der Waals surface area contributed by atoms with Gasteiger partial charge in [0.15, 0.2) is 11.4 Å². The highest BCUT2D eigenvalue weighted by molar-refractivity contribution is 7.91. The van der Waals surface area contributed by atoms with Crippen LogP contribution in [0.15, 0.2) is 58.5 Å². The number of rotatable bonds is 7. The Hall–Kier alpha value is -4.97. The third kappa shape index (κ3) is 5.38. The summed E-state index contributed by atoms with van der Waals surface area (Å²) in [6.45, 7) is 4.75. The van der Waals surface area contributed by atoms with Crippen molar-refractivity contribution in [3.05, 3.63) is 64.3 Å². The third-order valence-electron chi connectivity index (χ3n) is 9.55. The van der Waals surface area contributed by atoms with E-state index in [1.165, 1.54) is 24.3 Å². The van der Waals surface area contributed by atoms with Crippen LogP contribution < -0.4 is 25.4 Å². The van der Waals surface area contributed by atoms with Crippen LogP contribution in [0.3, 0.4) is 0 Å². The monoisotopic (exact) mass is 690 g/mol. The molecule has 4 N–H and O–H groups in total. The number of amides is 1. The summed E-state index contributed by atoms with van der Waals surface area (Å²) in [6, 6.07) is 9.37. The number of aromatic amines is 1. The summed E-state index contributed by atoms with van der Waals surface area (Å²) in [7, 11) is -2.49. The number of nitrogens with one attached hydrogen (secondary N) is 2. The number of ether oxygens (including phenoxy) is 3. The smallest absolute Gasteiger partial charge is 0.297 e. The Morgan fingerprint density at radius 2 is 1.94 bits per heavy atom. The van der Waals surface area contributed by atoms with Gasteiger partial charge in [0.1, 0.15) is 24.0 Å². The van der Waals surface area contributed by atoms with E-state index in [1.807, 2.05) is 6.07 Å². The number of benzene rings is 2. The fourth-order valence-corrected chi connectivity index (χ4v) is 8.53. The number of carbonyl (C=O) groups excluding carboxylic acids is 1. The second kappa shape index (κ2) is 11.9. The molecule has 3 atom stereocenters. The van der Waals surface area contributed by atoms with Crippen LogP contribution in [-0.2, 0) is 14.6 Å². The van der Waals surface area contributed by atoms with Crippen molar-refractivity contribution >= 4 is 49.5 Å². The molecule has 0 aliphatic carbocycles. The molecular weight excluding hydrogens is 656 g/mol. The average Bonchev–Trinajstić information content (AvgIpc) is 3.75. The number of para-hydroxylation sites is 1. The molecule has 0 bridgehead atoms. The Morgan fingerprint density at radius 3 is 2.71 bits per heavy atom. The molecule has 8 rings (SSSR count).